The Labute approximate surface area is 167 Å². The number of amides is 1. The second-order valence-electron chi connectivity index (χ2n) is 7.94. The Morgan fingerprint density at radius 3 is 2.82 bits per heavy atom. The second kappa shape index (κ2) is 6.56. The molecule has 7 nitrogen and oxygen atoms in total. The van der Waals surface area contributed by atoms with Crippen LogP contribution in [0.25, 0.3) is 5.52 Å². The Balaban J connectivity index is 1.37. The standard InChI is InChI=1S/C20H24N6OS/c1-13-11-22-19(28-13)24-17-16-3-2-8-26(16)12-15(23-17)14-4-9-25(10-5-14)18(27)20(21)6-7-20/h2-3,8,11-12,14H,4-7,9-10,21H2,1H3,(H,22,23,24). The minimum absolute atomic E-state index is 0.126. The number of hydrogen-bond acceptors (Lipinski definition) is 6. The monoisotopic (exact) mass is 396 g/mol. The van der Waals surface area contributed by atoms with Gasteiger partial charge in [0.25, 0.3) is 0 Å². The van der Waals surface area contributed by atoms with Gasteiger partial charge in [-0.3, -0.25) is 4.79 Å². The van der Waals surface area contributed by atoms with Crippen molar-refractivity contribution < 1.29 is 4.79 Å². The van der Waals surface area contributed by atoms with Gasteiger partial charge in [0.15, 0.2) is 10.9 Å². The molecule has 0 aromatic carbocycles. The number of nitrogens with zero attached hydrogens (tertiary/aromatic N) is 4. The van der Waals surface area contributed by atoms with E-state index in [4.69, 9.17) is 10.7 Å². The number of aryl methyl sites for hydroxylation is 1. The van der Waals surface area contributed by atoms with Crippen molar-refractivity contribution in [1.29, 1.82) is 0 Å². The first-order valence-electron chi connectivity index (χ1n) is 9.77. The van der Waals surface area contributed by atoms with E-state index in [-0.39, 0.29) is 5.91 Å². The van der Waals surface area contributed by atoms with Crippen molar-refractivity contribution in [2.45, 2.75) is 44.1 Å². The minimum atomic E-state index is -0.571. The number of likely N-dealkylation sites (tertiary alicyclic amines) is 1. The zero-order valence-electron chi connectivity index (χ0n) is 15.9. The summed E-state index contributed by atoms with van der Waals surface area (Å²) in [6, 6.07) is 4.08. The van der Waals surface area contributed by atoms with Crippen LogP contribution in [0.15, 0.2) is 30.7 Å². The van der Waals surface area contributed by atoms with Crippen LogP contribution in [0.5, 0.6) is 0 Å². The zero-order valence-corrected chi connectivity index (χ0v) is 16.7. The summed E-state index contributed by atoms with van der Waals surface area (Å²) in [5, 5.41) is 4.23. The Hall–Kier alpha value is -2.45. The fourth-order valence-electron chi connectivity index (χ4n) is 3.91. The van der Waals surface area contributed by atoms with E-state index in [1.165, 1.54) is 0 Å². The highest BCUT2D eigenvalue weighted by molar-refractivity contribution is 7.15. The van der Waals surface area contributed by atoms with Crippen molar-refractivity contribution in [3.8, 4) is 0 Å². The molecule has 2 fully saturated rings. The normalized spacial score (nSPS) is 19.1. The van der Waals surface area contributed by atoms with Crippen molar-refractivity contribution in [2.24, 2.45) is 5.73 Å². The molecule has 0 atom stereocenters. The number of thiazole rings is 1. The lowest BCUT2D eigenvalue weighted by Crippen LogP contribution is -2.48. The van der Waals surface area contributed by atoms with Crippen LogP contribution in [0.4, 0.5) is 10.9 Å². The van der Waals surface area contributed by atoms with E-state index in [0.29, 0.717) is 5.92 Å². The average molecular weight is 397 g/mol. The molecule has 3 aromatic heterocycles. The van der Waals surface area contributed by atoms with Crippen LogP contribution in [0.1, 0.15) is 42.2 Å². The van der Waals surface area contributed by atoms with E-state index in [1.54, 1.807) is 11.3 Å². The lowest BCUT2D eigenvalue weighted by atomic mass is 9.93. The number of aromatic nitrogens is 3. The third-order valence-electron chi connectivity index (χ3n) is 5.80. The highest BCUT2D eigenvalue weighted by atomic mass is 32.1. The summed E-state index contributed by atoms with van der Waals surface area (Å²) in [5.41, 5.74) is 7.61. The van der Waals surface area contributed by atoms with Crippen LogP contribution in [-0.4, -0.2) is 43.8 Å². The Morgan fingerprint density at radius 1 is 1.36 bits per heavy atom. The molecule has 1 saturated heterocycles. The van der Waals surface area contributed by atoms with Gasteiger partial charge in [0.1, 0.15) is 0 Å². The molecule has 3 N–H and O–H groups in total. The summed E-state index contributed by atoms with van der Waals surface area (Å²) in [4.78, 5) is 24.9. The number of rotatable bonds is 4. The van der Waals surface area contributed by atoms with E-state index in [9.17, 15) is 4.79 Å². The number of anilines is 2. The number of carbonyl (C=O) groups is 1. The first-order valence-corrected chi connectivity index (χ1v) is 10.6. The van der Waals surface area contributed by atoms with E-state index in [1.807, 2.05) is 30.3 Å². The van der Waals surface area contributed by atoms with E-state index in [2.05, 4.69) is 27.0 Å². The van der Waals surface area contributed by atoms with Crippen LogP contribution in [-0.2, 0) is 4.79 Å². The van der Waals surface area contributed by atoms with Crippen LogP contribution >= 0.6 is 11.3 Å². The molecule has 0 radical (unpaired) electrons. The van der Waals surface area contributed by atoms with E-state index >= 15 is 0 Å². The summed E-state index contributed by atoms with van der Waals surface area (Å²) in [6.45, 7) is 3.55. The molecule has 4 heterocycles. The van der Waals surface area contributed by atoms with Gasteiger partial charge in [-0.1, -0.05) is 0 Å². The molecule has 146 valence electrons. The maximum Gasteiger partial charge on any atom is 0.242 e. The van der Waals surface area contributed by atoms with Gasteiger partial charge in [0, 0.05) is 42.5 Å². The van der Waals surface area contributed by atoms with E-state index in [0.717, 1.165) is 65.8 Å². The van der Waals surface area contributed by atoms with Gasteiger partial charge in [-0.2, -0.15) is 0 Å². The molecule has 8 heteroatoms. The third kappa shape index (κ3) is 3.16. The van der Waals surface area contributed by atoms with Gasteiger partial charge in [-0.15, -0.1) is 11.3 Å². The molecule has 2 aliphatic rings. The number of hydrogen-bond donors (Lipinski definition) is 2. The number of piperidine rings is 1. The van der Waals surface area contributed by atoms with Gasteiger partial charge in [0.2, 0.25) is 5.91 Å². The average Bonchev–Trinajstić information content (AvgIpc) is 3.09. The van der Waals surface area contributed by atoms with Crippen molar-refractivity contribution in [1.82, 2.24) is 19.3 Å². The zero-order chi connectivity index (χ0) is 19.3. The fourth-order valence-corrected chi connectivity index (χ4v) is 4.57. The molecule has 3 aromatic rings. The van der Waals surface area contributed by atoms with Gasteiger partial charge in [-0.25, -0.2) is 9.97 Å². The number of nitrogens with one attached hydrogen (secondary N) is 1. The summed E-state index contributed by atoms with van der Waals surface area (Å²) < 4.78 is 2.11. The summed E-state index contributed by atoms with van der Waals surface area (Å²) in [7, 11) is 0. The molecular weight excluding hydrogens is 372 g/mol. The van der Waals surface area contributed by atoms with Crippen LogP contribution < -0.4 is 11.1 Å². The highest BCUT2D eigenvalue weighted by Gasteiger charge is 2.48. The molecule has 0 spiro atoms. The van der Waals surface area contributed by atoms with Crippen molar-refractivity contribution >= 4 is 33.7 Å². The Bertz CT molecular complexity index is 1030. The van der Waals surface area contributed by atoms with Gasteiger partial charge >= 0.3 is 0 Å². The van der Waals surface area contributed by atoms with Crippen molar-refractivity contribution in [3.63, 3.8) is 0 Å². The second-order valence-corrected chi connectivity index (χ2v) is 9.17. The number of fused-ring (bicyclic) bond motifs is 1. The molecular formula is C20H24N6OS. The Kier molecular flexibility index (Phi) is 4.13. The van der Waals surface area contributed by atoms with Crippen LogP contribution in [0.2, 0.25) is 0 Å². The van der Waals surface area contributed by atoms with Gasteiger partial charge in [-0.05, 0) is 44.7 Å². The topological polar surface area (TPSA) is 88.5 Å². The molecule has 5 rings (SSSR count). The number of nitrogens with two attached hydrogens (primary N) is 1. The largest absolute Gasteiger partial charge is 0.341 e. The van der Waals surface area contributed by atoms with Gasteiger partial charge in [0.05, 0.1) is 16.7 Å². The van der Waals surface area contributed by atoms with Crippen LogP contribution in [0.3, 0.4) is 0 Å². The van der Waals surface area contributed by atoms with Crippen molar-refractivity contribution in [3.05, 3.63) is 41.3 Å². The molecule has 0 bridgehead atoms. The van der Waals surface area contributed by atoms with Crippen LogP contribution in [0, 0.1) is 6.92 Å². The fraction of sp³-hybridized carbons (Fsp3) is 0.450. The van der Waals surface area contributed by atoms with E-state index < -0.39 is 5.54 Å². The lowest BCUT2D eigenvalue weighted by molar-refractivity contribution is -0.134. The Morgan fingerprint density at radius 2 is 2.14 bits per heavy atom. The SMILES string of the molecule is Cc1cnc(Nc2nc(C3CCN(C(=O)C4(N)CC4)CC3)cn3cccc23)s1. The first kappa shape index (κ1) is 17.6. The molecule has 0 unspecified atom stereocenters. The smallest absolute Gasteiger partial charge is 0.242 e. The van der Waals surface area contributed by atoms with Crippen molar-refractivity contribution in [2.75, 3.05) is 18.4 Å². The quantitative estimate of drug-likeness (QED) is 0.708. The lowest BCUT2D eigenvalue weighted by Gasteiger charge is -2.33. The molecule has 1 aliphatic heterocycles. The maximum atomic E-state index is 12.5. The molecule has 1 amide bonds. The summed E-state index contributed by atoms with van der Waals surface area (Å²) >= 11 is 1.62. The number of carbonyl (C=O) groups excluding carboxylic acids is 1. The highest BCUT2D eigenvalue weighted by Crippen LogP contribution is 2.36. The maximum absolute atomic E-state index is 12.5. The minimum Gasteiger partial charge on any atom is -0.341 e. The predicted octanol–water partition coefficient (Wildman–Crippen LogP) is 3.04. The molecule has 1 saturated carbocycles. The van der Waals surface area contributed by atoms with Gasteiger partial charge < -0.3 is 20.4 Å². The predicted molar refractivity (Wildman–Crippen MR) is 110 cm³/mol. The molecule has 28 heavy (non-hydrogen) atoms. The summed E-state index contributed by atoms with van der Waals surface area (Å²) in [5.74, 6) is 1.29. The summed E-state index contributed by atoms with van der Waals surface area (Å²) in [6.07, 6.45) is 9.49. The molecule has 1 aliphatic carbocycles. The first-order chi connectivity index (χ1) is 13.5. The third-order valence-corrected chi connectivity index (χ3v) is 6.62.